The number of aryl methyl sites for hydroxylation is 1. The molecule has 0 aliphatic carbocycles. The van der Waals surface area contributed by atoms with E-state index >= 15 is 0 Å². The maximum Gasteiger partial charge on any atom is 0.146 e. The Balaban J connectivity index is 1.52. The van der Waals surface area contributed by atoms with E-state index in [-0.39, 0.29) is 17.9 Å². The quantitative estimate of drug-likeness (QED) is 0.704. The van der Waals surface area contributed by atoms with Gasteiger partial charge in [0.25, 0.3) is 0 Å². The van der Waals surface area contributed by atoms with E-state index in [4.69, 9.17) is 0 Å². The minimum Gasteiger partial charge on any atom is -0.298 e. The number of thiophene rings is 1. The van der Waals surface area contributed by atoms with Crippen LogP contribution < -0.4 is 0 Å². The largest absolute Gasteiger partial charge is 0.298 e. The van der Waals surface area contributed by atoms with Gasteiger partial charge in [-0.2, -0.15) is 0 Å². The minimum atomic E-state index is -0.0128. The van der Waals surface area contributed by atoms with Crippen molar-refractivity contribution in [1.82, 2.24) is 19.9 Å². The van der Waals surface area contributed by atoms with Crippen molar-refractivity contribution in [2.24, 2.45) is 0 Å². The molecule has 0 N–H and O–H groups in total. The predicted molar refractivity (Wildman–Crippen MR) is 104 cm³/mol. The van der Waals surface area contributed by atoms with Gasteiger partial charge in [-0.25, -0.2) is 4.68 Å². The summed E-state index contributed by atoms with van der Waals surface area (Å²) >= 11 is 1.80. The van der Waals surface area contributed by atoms with E-state index in [0.717, 1.165) is 24.2 Å². The fourth-order valence-electron chi connectivity index (χ4n) is 3.62. The lowest BCUT2D eigenvalue weighted by atomic mass is 10.1. The minimum absolute atomic E-state index is 0.0128. The molecule has 1 fully saturated rings. The summed E-state index contributed by atoms with van der Waals surface area (Å²) in [5.74, 6) is 0.217. The Bertz CT molecular complexity index is 927. The number of benzene rings is 1. The van der Waals surface area contributed by atoms with E-state index in [1.165, 1.54) is 15.3 Å². The number of hydrogen-bond donors (Lipinski definition) is 0. The Morgan fingerprint density at radius 3 is 2.50 bits per heavy atom. The predicted octanol–water partition coefficient (Wildman–Crippen LogP) is 3.82. The summed E-state index contributed by atoms with van der Waals surface area (Å²) in [4.78, 5) is 16.4. The van der Waals surface area contributed by atoms with Crippen LogP contribution in [0.15, 0.2) is 42.6 Å². The van der Waals surface area contributed by atoms with E-state index in [2.05, 4.69) is 58.5 Å². The maximum absolute atomic E-state index is 11.7. The van der Waals surface area contributed by atoms with Crippen molar-refractivity contribution >= 4 is 17.1 Å². The lowest BCUT2D eigenvalue weighted by Gasteiger charge is -2.14. The van der Waals surface area contributed by atoms with Crippen LogP contribution in [-0.2, 0) is 4.79 Å². The first-order valence-electron chi connectivity index (χ1n) is 8.81. The molecule has 0 radical (unpaired) electrons. The first-order chi connectivity index (χ1) is 12.5. The topological polar surface area (TPSA) is 51.0 Å². The summed E-state index contributed by atoms with van der Waals surface area (Å²) in [5, 5.41) is 8.66. The molecule has 4 rings (SSSR count). The molecular formula is C20H22N4OS. The second-order valence-electron chi connectivity index (χ2n) is 7.03. The molecule has 1 saturated heterocycles. The van der Waals surface area contributed by atoms with E-state index in [1.54, 1.807) is 18.3 Å². The summed E-state index contributed by atoms with van der Waals surface area (Å²) in [7, 11) is 1.99. The number of Topliss-reactive ketones (excluding diaryl/α,β-unsaturated/α-hetero) is 1. The van der Waals surface area contributed by atoms with Crippen molar-refractivity contribution in [2.75, 3.05) is 13.6 Å². The molecule has 0 saturated carbocycles. The van der Waals surface area contributed by atoms with Crippen molar-refractivity contribution in [2.45, 2.75) is 32.4 Å². The second-order valence-corrected chi connectivity index (χ2v) is 8.31. The summed E-state index contributed by atoms with van der Waals surface area (Å²) in [6.45, 7) is 4.61. The zero-order chi connectivity index (χ0) is 18.3. The number of hydrogen-bond acceptors (Lipinski definition) is 5. The van der Waals surface area contributed by atoms with Crippen LogP contribution in [0.1, 0.15) is 24.3 Å². The zero-order valence-corrected chi connectivity index (χ0v) is 16.0. The number of rotatable bonds is 4. The molecule has 2 aromatic heterocycles. The Hall–Kier alpha value is -2.31. The molecule has 1 aliphatic rings. The molecule has 134 valence electrons. The standard InChI is InChI=1S/C20H22N4OS/c1-13-4-9-20(26-13)16-7-5-15(6-8-16)18-12-24(22-21-18)17-10-19(14(2)25)23(3)11-17/h4-9,12,17,19H,10-11H2,1-3H3. The van der Waals surface area contributed by atoms with E-state index < -0.39 is 0 Å². The van der Waals surface area contributed by atoms with Gasteiger partial charge in [-0.1, -0.05) is 29.5 Å². The van der Waals surface area contributed by atoms with Crippen LogP contribution in [-0.4, -0.2) is 45.3 Å². The number of likely N-dealkylation sites (N-methyl/N-ethyl adjacent to an activating group) is 1. The molecule has 0 spiro atoms. The van der Waals surface area contributed by atoms with E-state index in [1.807, 2.05) is 17.9 Å². The smallest absolute Gasteiger partial charge is 0.146 e. The van der Waals surface area contributed by atoms with Gasteiger partial charge in [0, 0.05) is 21.9 Å². The number of aromatic nitrogens is 3. The molecule has 26 heavy (non-hydrogen) atoms. The van der Waals surface area contributed by atoms with Gasteiger partial charge in [-0.3, -0.25) is 9.69 Å². The van der Waals surface area contributed by atoms with Crippen LogP contribution in [0.3, 0.4) is 0 Å². The van der Waals surface area contributed by atoms with Crippen LogP contribution in [0.4, 0.5) is 0 Å². The third-order valence-corrected chi connectivity index (χ3v) is 6.14. The highest BCUT2D eigenvalue weighted by atomic mass is 32.1. The maximum atomic E-state index is 11.7. The van der Waals surface area contributed by atoms with Gasteiger partial charge in [-0.05, 0) is 45.0 Å². The van der Waals surface area contributed by atoms with Gasteiger partial charge >= 0.3 is 0 Å². The van der Waals surface area contributed by atoms with Crippen LogP contribution >= 0.6 is 11.3 Å². The van der Waals surface area contributed by atoms with Crippen LogP contribution in [0.5, 0.6) is 0 Å². The van der Waals surface area contributed by atoms with Crippen molar-refractivity contribution in [3.63, 3.8) is 0 Å². The van der Waals surface area contributed by atoms with Crippen molar-refractivity contribution < 1.29 is 4.79 Å². The van der Waals surface area contributed by atoms with Gasteiger partial charge in [0.15, 0.2) is 0 Å². The molecule has 5 nitrogen and oxygen atoms in total. The van der Waals surface area contributed by atoms with Gasteiger partial charge in [-0.15, -0.1) is 16.4 Å². The Kier molecular flexibility index (Phi) is 4.46. The number of nitrogens with zero attached hydrogens (tertiary/aromatic N) is 4. The summed E-state index contributed by atoms with van der Waals surface area (Å²) in [6, 6.07) is 12.9. The lowest BCUT2D eigenvalue weighted by Crippen LogP contribution is -2.30. The third-order valence-electron chi connectivity index (χ3n) is 5.09. The van der Waals surface area contributed by atoms with E-state index in [9.17, 15) is 4.79 Å². The SMILES string of the molecule is CC(=O)C1CC(n2cc(-c3ccc(-c4ccc(C)s4)cc3)nn2)CN1C. The molecule has 2 atom stereocenters. The number of likely N-dealkylation sites (tertiary alicyclic amines) is 1. The molecule has 0 bridgehead atoms. The Morgan fingerprint density at radius 1 is 1.15 bits per heavy atom. The molecular weight excluding hydrogens is 344 g/mol. The fourth-order valence-corrected chi connectivity index (χ4v) is 4.50. The average Bonchev–Trinajstić information content (AvgIpc) is 3.34. The van der Waals surface area contributed by atoms with Crippen molar-refractivity contribution in [1.29, 1.82) is 0 Å². The fraction of sp³-hybridized carbons (Fsp3) is 0.350. The third kappa shape index (κ3) is 3.22. The monoisotopic (exact) mass is 366 g/mol. The second kappa shape index (κ2) is 6.78. The van der Waals surface area contributed by atoms with Crippen LogP contribution in [0, 0.1) is 6.92 Å². The number of carbonyl (C=O) groups excluding carboxylic acids is 1. The Labute approximate surface area is 157 Å². The molecule has 1 aromatic carbocycles. The van der Waals surface area contributed by atoms with Crippen molar-refractivity contribution in [3.8, 4) is 21.7 Å². The van der Waals surface area contributed by atoms with Gasteiger partial charge in [0.2, 0.25) is 0 Å². The first kappa shape index (κ1) is 17.1. The van der Waals surface area contributed by atoms with Crippen molar-refractivity contribution in [3.05, 3.63) is 47.5 Å². The summed E-state index contributed by atoms with van der Waals surface area (Å²) in [6.07, 6.45) is 2.79. The first-order valence-corrected chi connectivity index (χ1v) is 9.62. The summed E-state index contributed by atoms with van der Waals surface area (Å²) in [5.41, 5.74) is 3.15. The van der Waals surface area contributed by atoms with Crippen LogP contribution in [0.2, 0.25) is 0 Å². The molecule has 1 aliphatic heterocycles. The molecule has 3 heterocycles. The van der Waals surface area contributed by atoms with Gasteiger partial charge in [0.05, 0.1) is 18.3 Å². The molecule has 6 heteroatoms. The number of carbonyl (C=O) groups is 1. The van der Waals surface area contributed by atoms with Crippen LogP contribution in [0.25, 0.3) is 21.7 Å². The Morgan fingerprint density at radius 2 is 1.88 bits per heavy atom. The lowest BCUT2D eigenvalue weighted by molar-refractivity contribution is -0.120. The highest BCUT2D eigenvalue weighted by Crippen LogP contribution is 2.30. The number of ketones is 1. The van der Waals surface area contributed by atoms with Gasteiger partial charge in [0.1, 0.15) is 11.5 Å². The normalized spacial score (nSPS) is 20.6. The highest BCUT2D eigenvalue weighted by Gasteiger charge is 2.34. The molecule has 2 unspecified atom stereocenters. The van der Waals surface area contributed by atoms with Gasteiger partial charge < -0.3 is 0 Å². The zero-order valence-electron chi connectivity index (χ0n) is 15.2. The highest BCUT2D eigenvalue weighted by molar-refractivity contribution is 7.15. The van der Waals surface area contributed by atoms with E-state index in [0.29, 0.717) is 0 Å². The molecule has 0 amide bonds. The molecule has 3 aromatic rings. The summed E-state index contributed by atoms with van der Waals surface area (Å²) < 4.78 is 1.91. The average molecular weight is 366 g/mol.